The lowest BCUT2D eigenvalue weighted by Crippen LogP contribution is -2.35. The number of rotatable bonds is 4. The molecule has 0 aliphatic rings. The van der Waals surface area contributed by atoms with Crippen LogP contribution in [0, 0.1) is 12.8 Å². The molecule has 0 radical (unpaired) electrons. The van der Waals surface area contributed by atoms with Crippen LogP contribution in [-0.4, -0.2) is 10.4 Å². The summed E-state index contributed by atoms with van der Waals surface area (Å²) in [6, 6.07) is 24.8. The van der Waals surface area contributed by atoms with E-state index in [1.54, 1.807) is 6.92 Å². The van der Waals surface area contributed by atoms with Gasteiger partial charge >= 0.3 is 0 Å². The molecule has 3 heteroatoms. The summed E-state index contributed by atoms with van der Waals surface area (Å²) in [5.41, 5.74) is 4.80. The molecule has 200 valence electrons. The van der Waals surface area contributed by atoms with Crippen LogP contribution in [0.4, 0.5) is 0 Å². The van der Waals surface area contributed by atoms with Gasteiger partial charge in [-0.1, -0.05) is 87.2 Å². The van der Waals surface area contributed by atoms with Crippen LogP contribution < -0.4 is 10.9 Å². The molecule has 0 bridgehead atoms. The van der Waals surface area contributed by atoms with Gasteiger partial charge in [-0.2, -0.15) is 0 Å². The van der Waals surface area contributed by atoms with Gasteiger partial charge in [-0.05, 0) is 87.8 Å². The minimum Gasteiger partial charge on any atom is -0.294 e. The fourth-order valence-corrected chi connectivity index (χ4v) is 6.80. The number of fused-ring (bicyclic) bond motifs is 2. The van der Waals surface area contributed by atoms with Gasteiger partial charge in [-0.15, -0.1) is 0 Å². The Bertz CT molecular complexity index is 2350. The van der Waals surface area contributed by atoms with Gasteiger partial charge in [0.1, 0.15) is 0 Å². The third-order valence-electron chi connectivity index (χ3n) is 9.04. The lowest BCUT2D eigenvalue weighted by molar-refractivity contribution is 0.101. The molecule has 0 spiro atoms. The Labute approximate surface area is 238 Å². The van der Waals surface area contributed by atoms with E-state index in [4.69, 9.17) is 0 Å². The van der Waals surface area contributed by atoms with Gasteiger partial charge in [-0.25, -0.2) is 0 Å². The smallest absolute Gasteiger partial charge is 0.263 e. The lowest BCUT2D eigenvalue weighted by atomic mass is 9.84. The highest BCUT2D eigenvalue weighted by Gasteiger charge is 2.22. The fraction of sp³-hybridized carbons (Fsp3) is 0.158. The summed E-state index contributed by atoms with van der Waals surface area (Å²) < 4.78 is 1.93. The van der Waals surface area contributed by atoms with Crippen LogP contribution >= 0.6 is 0 Å². The average Bonchev–Trinajstić information content (AvgIpc) is 2.97. The first kappa shape index (κ1) is 25.2. The van der Waals surface area contributed by atoms with Gasteiger partial charge in [0.2, 0.25) is 0 Å². The highest BCUT2D eigenvalue weighted by Crippen LogP contribution is 2.44. The van der Waals surface area contributed by atoms with E-state index < -0.39 is 0 Å². The predicted molar refractivity (Wildman–Crippen MR) is 175 cm³/mol. The second kappa shape index (κ2) is 8.87. The number of hydrogen-bond donors (Lipinski definition) is 0. The van der Waals surface area contributed by atoms with Gasteiger partial charge < -0.3 is 0 Å². The summed E-state index contributed by atoms with van der Waals surface area (Å²) in [6.45, 7) is 14.2. The summed E-state index contributed by atoms with van der Waals surface area (Å²) in [5.74, 6) is 0.294. The van der Waals surface area contributed by atoms with Gasteiger partial charge in [-0.3, -0.25) is 14.2 Å². The molecule has 0 aliphatic carbocycles. The van der Waals surface area contributed by atoms with Crippen LogP contribution in [-0.2, 0) is 0 Å². The molecule has 0 atom stereocenters. The fourth-order valence-electron chi connectivity index (χ4n) is 6.80. The van der Waals surface area contributed by atoms with Crippen LogP contribution in [0.3, 0.4) is 0 Å². The van der Waals surface area contributed by atoms with Crippen LogP contribution in [0.1, 0.15) is 49.2 Å². The number of carbonyl (C=O) groups is 1. The molecule has 6 aromatic carbocycles. The monoisotopic (exact) mass is 533 g/mol. The largest absolute Gasteiger partial charge is 0.294 e. The number of nitrogens with zero attached hydrogens (tertiary/aromatic N) is 1. The van der Waals surface area contributed by atoms with Crippen LogP contribution in [0.25, 0.3) is 71.2 Å². The molecule has 7 rings (SSSR count). The van der Waals surface area contributed by atoms with Crippen LogP contribution in [0.5, 0.6) is 0 Å². The molecule has 0 unspecified atom stereocenters. The average molecular weight is 534 g/mol. The zero-order valence-corrected chi connectivity index (χ0v) is 24.1. The van der Waals surface area contributed by atoms with E-state index in [0.29, 0.717) is 10.9 Å². The van der Waals surface area contributed by atoms with Crippen LogP contribution in [0.2, 0.25) is 0 Å². The van der Waals surface area contributed by atoms with Crippen molar-refractivity contribution in [2.45, 2.75) is 34.6 Å². The van der Waals surface area contributed by atoms with Crippen molar-refractivity contribution in [3.8, 4) is 5.69 Å². The number of Topliss-reactive ketones (excluding diaryl/α,β-unsaturated/α-hetero) is 1. The maximum absolute atomic E-state index is 14.5. The Morgan fingerprint density at radius 3 is 1.88 bits per heavy atom. The Kier molecular flexibility index (Phi) is 5.46. The van der Waals surface area contributed by atoms with E-state index in [1.807, 2.05) is 41.0 Å². The van der Waals surface area contributed by atoms with Crippen LogP contribution in [0.15, 0.2) is 84.2 Å². The third-order valence-corrected chi connectivity index (χ3v) is 9.04. The second-order valence-corrected chi connectivity index (χ2v) is 11.6. The van der Waals surface area contributed by atoms with E-state index in [9.17, 15) is 9.59 Å². The van der Waals surface area contributed by atoms with Gasteiger partial charge in [0, 0.05) is 27.1 Å². The summed E-state index contributed by atoms with van der Waals surface area (Å²) in [6.07, 6.45) is 1.83. The maximum Gasteiger partial charge on any atom is 0.263 e. The highest BCUT2D eigenvalue weighted by molar-refractivity contribution is 6.38. The minimum absolute atomic E-state index is 0.00428. The Balaban J connectivity index is 1.80. The van der Waals surface area contributed by atoms with Crippen molar-refractivity contribution in [1.29, 1.82) is 0 Å². The summed E-state index contributed by atoms with van der Waals surface area (Å²) in [4.78, 5) is 27.2. The molecule has 0 amide bonds. The molecule has 1 heterocycles. The maximum atomic E-state index is 14.5. The van der Waals surface area contributed by atoms with Crippen molar-refractivity contribution in [2.24, 2.45) is 5.92 Å². The molecule has 0 N–H and O–H groups in total. The van der Waals surface area contributed by atoms with E-state index >= 15 is 0 Å². The van der Waals surface area contributed by atoms with E-state index in [1.165, 1.54) is 5.57 Å². The molecule has 0 saturated carbocycles. The number of aryl methyl sites for hydroxylation is 1. The highest BCUT2D eigenvalue weighted by atomic mass is 16.1. The van der Waals surface area contributed by atoms with Crippen molar-refractivity contribution in [1.82, 2.24) is 4.57 Å². The number of hydrogen-bond acceptors (Lipinski definition) is 2. The van der Waals surface area contributed by atoms with Gasteiger partial charge in [0.25, 0.3) is 5.56 Å². The van der Waals surface area contributed by atoms with E-state index in [0.717, 1.165) is 70.6 Å². The molecule has 0 aliphatic heterocycles. The Morgan fingerprint density at radius 2 is 1.27 bits per heavy atom. The quantitative estimate of drug-likeness (QED) is 0.129. The predicted octanol–water partition coefficient (Wildman–Crippen LogP) is 8.74. The first-order valence-corrected chi connectivity index (χ1v) is 14.2. The minimum atomic E-state index is -0.00428. The number of ketones is 1. The normalized spacial score (nSPS) is 12.9. The Hall–Kier alpha value is -4.76. The molecule has 3 nitrogen and oxygen atoms in total. The number of carbonyl (C=O) groups excluding carboxylic acids is 1. The first-order valence-electron chi connectivity index (χ1n) is 14.2. The zero-order chi connectivity index (χ0) is 28.7. The van der Waals surface area contributed by atoms with Gasteiger partial charge in [0.15, 0.2) is 5.78 Å². The first-order chi connectivity index (χ1) is 19.7. The molecule has 7 aromatic rings. The second-order valence-electron chi connectivity index (χ2n) is 11.6. The standard InChI is InChI=1S/C38H31NO2/c1-7-24-12-13-26-28-16-18-30-36-31(19-17-29(35(28)36)27-15-14-25(23(6)40)33(24)34(26)27)38(41)39(37(30)22(5)20(2)3)32-11-9-8-10-21(32)4/h7-20H,1H2,2-6H3. The van der Waals surface area contributed by atoms with Crippen molar-refractivity contribution < 1.29 is 4.79 Å². The lowest BCUT2D eigenvalue weighted by Gasteiger charge is -2.21. The SMILES string of the molecule is C=Cc1ccc2c3ccc4c(=C(C)C(C)C)n(-c5ccccc5C)c(=O)c5ccc(c6ccc(C(C)=O)c1c62)c3c54. The third kappa shape index (κ3) is 3.32. The Morgan fingerprint density at radius 1 is 0.732 bits per heavy atom. The molecule has 41 heavy (non-hydrogen) atoms. The zero-order valence-electron chi connectivity index (χ0n) is 24.1. The van der Waals surface area contributed by atoms with E-state index in [-0.39, 0.29) is 17.3 Å². The van der Waals surface area contributed by atoms with Crippen molar-refractivity contribution in [3.05, 3.63) is 112 Å². The molecular formula is C38H31NO2. The molecular weight excluding hydrogens is 502 g/mol. The van der Waals surface area contributed by atoms with Gasteiger partial charge in [0.05, 0.1) is 11.0 Å². The van der Waals surface area contributed by atoms with E-state index in [2.05, 4.69) is 76.7 Å². The molecule has 1 aromatic heterocycles. The topological polar surface area (TPSA) is 39.1 Å². The summed E-state index contributed by atoms with van der Waals surface area (Å²) in [5, 5.41) is 11.2. The number of pyridine rings is 1. The number of para-hydroxylation sites is 1. The van der Waals surface area contributed by atoms with Crippen molar-refractivity contribution in [3.63, 3.8) is 0 Å². The number of aromatic nitrogens is 1. The molecule has 0 fully saturated rings. The van der Waals surface area contributed by atoms with Crippen molar-refractivity contribution in [2.75, 3.05) is 0 Å². The summed E-state index contributed by atoms with van der Waals surface area (Å²) >= 11 is 0. The molecule has 0 saturated heterocycles. The van der Waals surface area contributed by atoms with Crippen molar-refractivity contribution >= 4 is 71.3 Å². The summed E-state index contributed by atoms with van der Waals surface area (Å²) in [7, 11) is 0. The number of benzene rings is 6.